The average Bonchev–Trinajstić information content (AvgIpc) is 3.10. The highest BCUT2D eigenvalue weighted by atomic mass is 32.2. The van der Waals surface area contributed by atoms with Crippen molar-refractivity contribution < 1.29 is 9.53 Å². The molecule has 4 nitrogen and oxygen atoms in total. The van der Waals surface area contributed by atoms with Crippen LogP contribution in [0.5, 0.6) is 0 Å². The minimum atomic E-state index is -0.200. The Balaban J connectivity index is 1.40. The van der Waals surface area contributed by atoms with Crippen molar-refractivity contribution in [3.8, 4) is 0 Å². The van der Waals surface area contributed by atoms with Crippen molar-refractivity contribution in [3.05, 3.63) is 71.2 Å². The summed E-state index contributed by atoms with van der Waals surface area (Å²) in [5, 5.41) is 5.95. The molecule has 0 spiro atoms. The van der Waals surface area contributed by atoms with E-state index in [-0.39, 0.29) is 12.6 Å². The highest BCUT2D eigenvalue weighted by molar-refractivity contribution is 7.99. The summed E-state index contributed by atoms with van der Waals surface area (Å²) in [7, 11) is 0. The molecule has 3 aromatic rings. The number of benzene rings is 2. The first-order valence-corrected chi connectivity index (χ1v) is 10.2. The SMILES string of the molecule is Cc1ccc(Nc2nc(COC(=O)CCSc3ccccc3)cs2)cc1. The van der Waals surface area contributed by atoms with Gasteiger partial charge in [-0.25, -0.2) is 4.98 Å². The fraction of sp³-hybridized carbons (Fsp3) is 0.200. The minimum absolute atomic E-state index is 0.200. The maximum absolute atomic E-state index is 11.9. The number of nitrogens with one attached hydrogen (secondary N) is 1. The molecule has 26 heavy (non-hydrogen) atoms. The Morgan fingerprint density at radius 2 is 1.92 bits per heavy atom. The number of thiazole rings is 1. The van der Waals surface area contributed by atoms with Crippen LogP contribution in [-0.2, 0) is 16.1 Å². The summed E-state index contributed by atoms with van der Waals surface area (Å²) >= 11 is 3.15. The van der Waals surface area contributed by atoms with Gasteiger partial charge in [-0.3, -0.25) is 4.79 Å². The van der Waals surface area contributed by atoms with Crippen molar-refractivity contribution in [2.45, 2.75) is 24.8 Å². The number of carbonyl (C=O) groups is 1. The lowest BCUT2D eigenvalue weighted by atomic mass is 10.2. The van der Waals surface area contributed by atoms with Crippen LogP contribution in [0.4, 0.5) is 10.8 Å². The predicted molar refractivity (Wildman–Crippen MR) is 108 cm³/mol. The first kappa shape index (κ1) is 18.5. The van der Waals surface area contributed by atoms with Crippen LogP contribution in [0.3, 0.4) is 0 Å². The van der Waals surface area contributed by atoms with Crippen molar-refractivity contribution in [3.63, 3.8) is 0 Å². The van der Waals surface area contributed by atoms with E-state index >= 15 is 0 Å². The third kappa shape index (κ3) is 5.89. The van der Waals surface area contributed by atoms with Crippen molar-refractivity contribution >= 4 is 39.9 Å². The molecule has 1 heterocycles. The number of hydrogen-bond acceptors (Lipinski definition) is 6. The van der Waals surface area contributed by atoms with Gasteiger partial charge in [0.2, 0.25) is 0 Å². The van der Waals surface area contributed by atoms with Gasteiger partial charge in [0, 0.05) is 21.7 Å². The molecular weight excluding hydrogens is 364 g/mol. The molecule has 1 N–H and O–H groups in total. The van der Waals surface area contributed by atoms with E-state index in [1.807, 2.05) is 60.0 Å². The topological polar surface area (TPSA) is 51.2 Å². The van der Waals surface area contributed by atoms with Crippen molar-refractivity contribution in [1.29, 1.82) is 0 Å². The second kappa shape index (κ2) is 9.40. The maximum Gasteiger partial charge on any atom is 0.307 e. The first-order valence-electron chi connectivity index (χ1n) is 8.30. The van der Waals surface area contributed by atoms with Crippen LogP contribution in [0.1, 0.15) is 17.7 Å². The van der Waals surface area contributed by atoms with Crippen LogP contribution < -0.4 is 5.32 Å². The number of ether oxygens (including phenoxy) is 1. The van der Waals surface area contributed by atoms with Crippen LogP contribution in [0.15, 0.2) is 64.9 Å². The summed E-state index contributed by atoms with van der Waals surface area (Å²) < 4.78 is 5.31. The van der Waals surface area contributed by atoms with E-state index in [1.54, 1.807) is 11.8 Å². The van der Waals surface area contributed by atoms with E-state index in [2.05, 4.69) is 17.2 Å². The molecular formula is C20H20N2O2S2. The summed E-state index contributed by atoms with van der Waals surface area (Å²) in [6.45, 7) is 2.26. The molecule has 0 bridgehead atoms. The molecule has 0 amide bonds. The van der Waals surface area contributed by atoms with Crippen molar-refractivity contribution in [2.24, 2.45) is 0 Å². The smallest absolute Gasteiger partial charge is 0.307 e. The summed E-state index contributed by atoms with van der Waals surface area (Å²) in [4.78, 5) is 17.5. The fourth-order valence-electron chi connectivity index (χ4n) is 2.19. The van der Waals surface area contributed by atoms with E-state index in [1.165, 1.54) is 16.9 Å². The molecule has 3 rings (SSSR count). The second-order valence-electron chi connectivity index (χ2n) is 5.71. The van der Waals surface area contributed by atoms with Gasteiger partial charge in [0.1, 0.15) is 6.61 Å². The number of nitrogens with zero attached hydrogens (tertiary/aromatic N) is 1. The lowest BCUT2D eigenvalue weighted by Crippen LogP contribution is -2.05. The summed E-state index contributed by atoms with van der Waals surface area (Å²) in [5.74, 6) is 0.509. The zero-order valence-corrected chi connectivity index (χ0v) is 16.1. The molecule has 0 unspecified atom stereocenters. The number of rotatable bonds is 8. The van der Waals surface area contributed by atoms with Gasteiger partial charge in [-0.1, -0.05) is 35.9 Å². The fourth-order valence-corrected chi connectivity index (χ4v) is 3.76. The third-order valence-corrected chi connectivity index (χ3v) is 5.37. The van der Waals surface area contributed by atoms with Gasteiger partial charge in [-0.05, 0) is 31.2 Å². The Morgan fingerprint density at radius 3 is 2.69 bits per heavy atom. The first-order chi connectivity index (χ1) is 12.7. The zero-order valence-electron chi connectivity index (χ0n) is 14.5. The van der Waals surface area contributed by atoms with Crippen LogP contribution in [-0.4, -0.2) is 16.7 Å². The van der Waals surface area contributed by atoms with Gasteiger partial charge in [0.25, 0.3) is 0 Å². The summed E-state index contributed by atoms with van der Waals surface area (Å²) in [6, 6.07) is 18.2. The van der Waals surface area contributed by atoms with Gasteiger partial charge in [0.05, 0.1) is 12.1 Å². The number of esters is 1. The molecule has 6 heteroatoms. The molecule has 0 radical (unpaired) electrons. The number of anilines is 2. The van der Waals surface area contributed by atoms with Gasteiger partial charge < -0.3 is 10.1 Å². The molecule has 0 aliphatic rings. The van der Waals surface area contributed by atoms with Crippen LogP contribution in [0.2, 0.25) is 0 Å². The lowest BCUT2D eigenvalue weighted by Gasteiger charge is -2.04. The van der Waals surface area contributed by atoms with Gasteiger partial charge in [0.15, 0.2) is 5.13 Å². The molecule has 2 aromatic carbocycles. The maximum atomic E-state index is 11.9. The average molecular weight is 385 g/mol. The summed E-state index contributed by atoms with van der Waals surface area (Å²) in [6.07, 6.45) is 0.387. The highest BCUT2D eigenvalue weighted by Gasteiger charge is 2.07. The van der Waals surface area contributed by atoms with E-state index in [0.717, 1.165) is 21.4 Å². The third-order valence-electron chi connectivity index (χ3n) is 3.55. The molecule has 134 valence electrons. The number of carbonyl (C=O) groups excluding carboxylic acids is 1. The Hall–Kier alpha value is -2.31. The van der Waals surface area contributed by atoms with Crippen molar-refractivity contribution in [2.75, 3.05) is 11.1 Å². The van der Waals surface area contributed by atoms with Gasteiger partial charge >= 0.3 is 5.97 Å². The quantitative estimate of drug-likeness (QED) is 0.415. The molecule has 1 aromatic heterocycles. The predicted octanol–water partition coefficient (Wildman–Crippen LogP) is 5.42. The number of thioether (sulfide) groups is 1. The minimum Gasteiger partial charge on any atom is -0.459 e. The monoisotopic (exact) mass is 384 g/mol. The Morgan fingerprint density at radius 1 is 1.15 bits per heavy atom. The van der Waals surface area contributed by atoms with Crippen LogP contribution >= 0.6 is 23.1 Å². The molecule has 0 saturated carbocycles. The van der Waals surface area contributed by atoms with E-state index in [9.17, 15) is 4.79 Å². The molecule has 0 aliphatic carbocycles. The molecule has 0 fully saturated rings. The number of hydrogen-bond donors (Lipinski definition) is 1. The van der Waals surface area contributed by atoms with Crippen LogP contribution in [0, 0.1) is 6.92 Å². The molecule has 0 aliphatic heterocycles. The normalized spacial score (nSPS) is 10.5. The van der Waals surface area contributed by atoms with Gasteiger partial charge in [-0.15, -0.1) is 23.1 Å². The number of aryl methyl sites for hydroxylation is 1. The largest absolute Gasteiger partial charge is 0.459 e. The van der Waals surface area contributed by atoms with Crippen LogP contribution in [0.25, 0.3) is 0 Å². The van der Waals surface area contributed by atoms with E-state index in [4.69, 9.17) is 4.74 Å². The molecule has 0 saturated heterocycles. The second-order valence-corrected chi connectivity index (χ2v) is 7.73. The van der Waals surface area contributed by atoms with Crippen molar-refractivity contribution in [1.82, 2.24) is 4.98 Å². The Kier molecular flexibility index (Phi) is 6.68. The Bertz CT molecular complexity index is 833. The number of aromatic nitrogens is 1. The standard InChI is InChI=1S/C20H20N2O2S2/c1-15-7-9-16(10-8-15)21-20-22-17(14-26-20)13-24-19(23)11-12-25-18-5-3-2-4-6-18/h2-10,14H,11-13H2,1H3,(H,21,22). The summed E-state index contributed by atoms with van der Waals surface area (Å²) in [5.41, 5.74) is 2.97. The highest BCUT2D eigenvalue weighted by Crippen LogP contribution is 2.22. The lowest BCUT2D eigenvalue weighted by molar-refractivity contribution is -0.144. The molecule has 0 atom stereocenters. The van der Waals surface area contributed by atoms with E-state index < -0.39 is 0 Å². The Labute approximate surface area is 161 Å². The van der Waals surface area contributed by atoms with Gasteiger partial charge in [-0.2, -0.15) is 0 Å². The zero-order chi connectivity index (χ0) is 18.2. The van der Waals surface area contributed by atoms with E-state index in [0.29, 0.717) is 12.2 Å².